The van der Waals surface area contributed by atoms with Crippen molar-refractivity contribution in [3.05, 3.63) is 53.6 Å². The number of benzene rings is 2. The number of carbonyl (C=O) groups is 2. The fourth-order valence-corrected chi connectivity index (χ4v) is 1.99. The third-order valence-electron chi connectivity index (χ3n) is 3.21. The molecule has 120 valence electrons. The van der Waals surface area contributed by atoms with Crippen molar-refractivity contribution >= 4 is 12.3 Å². The summed E-state index contributed by atoms with van der Waals surface area (Å²) < 4.78 is 15.7. The first-order valence-corrected chi connectivity index (χ1v) is 7.22. The number of ether oxygens (including phenoxy) is 3. The summed E-state index contributed by atoms with van der Waals surface area (Å²) in [7, 11) is 1.44. The van der Waals surface area contributed by atoms with E-state index < -0.39 is 5.97 Å². The molecule has 0 saturated carbocycles. The molecule has 0 saturated heterocycles. The molecule has 0 heterocycles. The van der Waals surface area contributed by atoms with Gasteiger partial charge in [0.05, 0.1) is 7.11 Å². The quantitative estimate of drug-likeness (QED) is 0.446. The van der Waals surface area contributed by atoms with Crippen LogP contribution >= 0.6 is 0 Å². The van der Waals surface area contributed by atoms with Gasteiger partial charge in [0.15, 0.2) is 18.1 Å². The highest BCUT2D eigenvalue weighted by atomic mass is 16.6. The second-order valence-electron chi connectivity index (χ2n) is 4.79. The first-order valence-electron chi connectivity index (χ1n) is 7.22. The third kappa shape index (κ3) is 4.57. The largest absolute Gasteiger partial charge is 0.493 e. The Kier molecular flexibility index (Phi) is 5.74. The molecule has 0 bridgehead atoms. The lowest BCUT2D eigenvalue weighted by atomic mass is 10.2. The van der Waals surface area contributed by atoms with E-state index >= 15 is 0 Å². The first-order chi connectivity index (χ1) is 11.2. The molecule has 0 N–H and O–H groups in total. The topological polar surface area (TPSA) is 61.8 Å². The average Bonchev–Trinajstić information content (AvgIpc) is 2.60. The van der Waals surface area contributed by atoms with Gasteiger partial charge in [-0.3, -0.25) is 4.79 Å². The summed E-state index contributed by atoms with van der Waals surface area (Å²) >= 11 is 0. The second kappa shape index (κ2) is 7.98. The number of hydrogen-bond acceptors (Lipinski definition) is 5. The predicted molar refractivity (Wildman–Crippen MR) is 85.3 cm³/mol. The minimum Gasteiger partial charge on any atom is -0.493 e. The molecule has 0 aromatic heterocycles. The molecule has 23 heavy (non-hydrogen) atoms. The first kappa shape index (κ1) is 16.5. The number of esters is 1. The van der Waals surface area contributed by atoms with Gasteiger partial charge in [-0.25, -0.2) is 4.79 Å². The summed E-state index contributed by atoms with van der Waals surface area (Å²) in [5, 5.41) is 0. The van der Waals surface area contributed by atoms with Crippen LogP contribution in [-0.2, 0) is 11.2 Å². The van der Waals surface area contributed by atoms with Crippen LogP contribution < -0.4 is 14.2 Å². The van der Waals surface area contributed by atoms with Gasteiger partial charge in [-0.2, -0.15) is 0 Å². The van der Waals surface area contributed by atoms with Gasteiger partial charge in [-0.1, -0.05) is 19.1 Å². The van der Waals surface area contributed by atoms with E-state index in [2.05, 4.69) is 0 Å². The van der Waals surface area contributed by atoms with Gasteiger partial charge >= 0.3 is 5.97 Å². The van der Waals surface area contributed by atoms with Crippen molar-refractivity contribution in [2.45, 2.75) is 13.3 Å². The van der Waals surface area contributed by atoms with E-state index in [0.29, 0.717) is 23.3 Å². The Morgan fingerprint density at radius 3 is 2.65 bits per heavy atom. The number of hydrogen-bond donors (Lipinski definition) is 0. The standard InChI is InChI=1S/C18H18O5/c1-3-13-5-4-6-15(9-13)22-12-18(20)23-16-8-7-14(11-19)10-17(16)21-2/h4-11H,3,12H2,1-2H3. The minimum atomic E-state index is -0.552. The third-order valence-corrected chi connectivity index (χ3v) is 3.21. The lowest BCUT2D eigenvalue weighted by Crippen LogP contribution is -2.18. The minimum absolute atomic E-state index is 0.217. The molecular formula is C18H18O5. The van der Waals surface area contributed by atoms with Gasteiger partial charge < -0.3 is 14.2 Å². The van der Waals surface area contributed by atoms with Crippen LogP contribution in [0.2, 0.25) is 0 Å². The van der Waals surface area contributed by atoms with E-state index in [0.717, 1.165) is 12.0 Å². The fraction of sp³-hybridized carbons (Fsp3) is 0.222. The Hall–Kier alpha value is -2.82. The van der Waals surface area contributed by atoms with Crippen LogP contribution in [-0.4, -0.2) is 26.0 Å². The Morgan fingerprint density at radius 1 is 1.13 bits per heavy atom. The van der Waals surface area contributed by atoms with Crippen molar-refractivity contribution < 1.29 is 23.8 Å². The molecule has 0 aliphatic carbocycles. The zero-order valence-corrected chi connectivity index (χ0v) is 13.1. The van der Waals surface area contributed by atoms with Gasteiger partial charge in [-0.15, -0.1) is 0 Å². The predicted octanol–water partition coefficient (Wildman–Crippen LogP) is 3.05. The molecule has 5 heteroatoms. The van der Waals surface area contributed by atoms with E-state index in [4.69, 9.17) is 14.2 Å². The summed E-state index contributed by atoms with van der Waals surface area (Å²) in [6.07, 6.45) is 1.58. The van der Waals surface area contributed by atoms with Gasteiger partial charge in [0.1, 0.15) is 12.0 Å². The normalized spacial score (nSPS) is 10.0. The van der Waals surface area contributed by atoms with E-state index in [1.165, 1.54) is 19.2 Å². The maximum atomic E-state index is 11.9. The molecule has 0 unspecified atom stereocenters. The van der Waals surface area contributed by atoms with Gasteiger partial charge in [0.25, 0.3) is 0 Å². The van der Waals surface area contributed by atoms with Gasteiger partial charge in [0.2, 0.25) is 0 Å². The van der Waals surface area contributed by atoms with Gasteiger partial charge in [0, 0.05) is 5.56 Å². The second-order valence-corrected chi connectivity index (χ2v) is 4.79. The lowest BCUT2D eigenvalue weighted by molar-refractivity contribution is -0.136. The lowest BCUT2D eigenvalue weighted by Gasteiger charge is -2.10. The number of methoxy groups -OCH3 is 1. The molecule has 2 aromatic rings. The molecule has 0 spiro atoms. The smallest absolute Gasteiger partial charge is 0.349 e. The monoisotopic (exact) mass is 314 g/mol. The molecule has 0 amide bonds. The SMILES string of the molecule is CCc1cccc(OCC(=O)Oc2ccc(C=O)cc2OC)c1. The average molecular weight is 314 g/mol. The van der Waals surface area contributed by atoms with Crippen LogP contribution in [0.15, 0.2) is 42.5 Å². The molecule has 2 rings (SSSR count). The number of carbonyl (C=O) groups excluding carboxylic acids is 2. The summed E-state index contributed by atoms with van der Waals surface area (Å²) in [5.41, 5.74) is 1.57. The van der Waals surface area contributed by atoms with Crippen LogP contribution in [0, 0.1) is 0 Å². The molecule has 0 radical (unpaired) electrons. The highest BCUT2D eigenvalue weighted by Crippen LogP contribution is 2.27. The van der Waals surface area contributed by atoms with E-state index in [1.807, 2.05) is 25.1 Å². The fourth-order valence-electron chi connectivity index (χ4n) is 1.99. The Labute approximate surface area is 134 Å². The summed E-state index contributed by atoms with van der Waals surface area (Å²) in [6.45, 7) is 1.83. The number of rotatable bonds is 7. The molecular weight excluding hydrogens is 296 g/mol. The Bertz CT molecular complexity index is 694. The molecule has 0 aliphatic rings. The van der Waals surface area contributed by atoms with Crippen molar-refractivity contribution in [1.29, 1.82) is 0 Å². The van der Waals surface area contributed by atoms with Gasteiger partial charge in [-0.05, 0) is 42.3 Å². The molecule has 0 aliphatic heterocycles. The van der Waals surface area contributed by atoms with Crippen LogP contribution in [0.3, 0.4) is 0 Å². The van der Waals surface area contributed by atoms with Crippen molar-refractivity contribution in [1.82, 2.24) is 0 Å². The van der Waals surface area contributed by atoms with Crippen molar-refractivity contribution in [3.63, 3.8) is 0 Å². The van der Waals surface area contributed by atoms with E-state index in [-0.39, 0.29) is 12.4 Å². The van der Waals surface area contributed by atoms with Crippen molar-refractivity contribution in [2.24, 2.45) is 0 Å². The highest BCUT2D eigenvalue weighted by molar-refractivity contribution is 5.78. The Balaban J connectivity index is 1.98. The molecule has 2 aromatic carbocycles. The van der Waals surface area contributed by atoms with E-state index in [1.54, 1.807) is 12.1 Å². The van der Waals surface area contributed by atoms with Crippen molar-refractivity contribution in [3.8, 4) is 17.2 Å². The van der Waals surface area contributed by atoms with Crippen molar-refractivity contribution in [2.75, 3.05) is 13.7 Å². The van der Waals surface area contributed by atoms with Crippen LogP contribution in [0.4, 0.5) is 0 Å². The number of aryl methyl sites for hydroxylation is 1. The highest BCUT2D eigenvalue weighted by Gasteiger charge is 2.11. The maximum absolute atomic E-state index is 11.9. The summed E-state index contributed by atoms with van der Waals surface area (Å²) in [4.78, 5) is 22.6. The zero-order chi connectivity index (χ0) is 16.7. The number of aldehydes is 1. The van der Waals surface area contributed by atoms with Crippen LogP contribution in [0.25, 0.3) is 0 Å². The molecule has 0 atom stereocenters. The summed E-state index contributed by atoms with van der Waals surface area (Å²) in [6, 6.07) is 12.1. The van der Waals surface area contributed by atoms with Crippen LogP contribution in [0.1, 0.15) is 22.8 Å². The van der Waals surface area contributed by atoms with E-state index in [9.17, 15) is 9.59 Å². The Morgan fingerprint density at radius 2 is 1.96 bits per heavy atom. The molecule has 0 fully saturated rings. The molecule has 5 nitrogen and oxygen atoms in total. The maximum Gasteiger partial charge on any atom is 0.349 e. The zero-order valence-electron chi connectivity index (χ0n) is 13.1. The summed E-state index contributed by atoms with van der Waals surface area (Å²) in [5.74, 6) is 0.624. The van der Waals surface area contributed by atoms with Crippen LogP contribution in [0.5, 0.6) is 17.2 Å².